The minimum Gasteiger partial charge on any atom is -0.463 e. The maximum Gasteiger partial charge on any atom is 0.118 e. The summed E-state index contributed by atoms with van der Waals surface area (Å²) in [5, 5.41) is 3.45. The first-order valence-electron chi connectivity index (χ1n) is 5.94. The van der Waals surface area contributed by atoms with Crippen LogP contribution < -0.4 is 11.1 Å². The van der Waals surface area contributed by atoms with Crippen molar-refractivity contribution in [2.45, 2.75) is 45.0 Å². The first-order chi connectivity index (χ1) is 7.81. The fraction of sp³-hybridized carbons (Fsp3) is 0.667. The zero-order valence-electron chi connectivity index (χ0n) is 9.74. The quantitative estimate of drug-likeness (QED) is 0.766. The highest BCUT2D eigenvalue weighted by atomic mass is 16.5. The normalized spacial score (nSPS) is 24.4. The monoisotopic (exact) mass is 224 g/mol. The Bertz CT molecular complexity index is 319. The van der Waals surface area contributed by atoms with E-state index in [9.17, 15) is 0 Å². The molecule has 1 heterocycles. The van der Waals surface area contributed by atoms with Crippen molar-refractivity contribution in [3.63, 3.8) is 0 Å². The molecule has 1 saturated carbocycles. The molecule has 0 amide bonds. The number of nitrogens with two attached hydrogens (primary N) is 1. The van der Waals surface area contributed by atoms with Crippen LogP contribution in [0.15, 0.2) is 16.5 Å². The largest absolute Gasteiger partial charge is 0.463 e. The summed E-state index contributed by atoms with van der Waals surface area (Å²) in [5.41, 5.74) is 5.48. The van der Waals surface area contributed by atoms with Crippen molar-refractivity contribution in [2.75, 3.05) is 6.61 Å². The molecule has 0 radical (unpaired) electrons. The zero-order valence-corrected chi connectivity index (χ0v) is 9.74. The molecular formula is C12H20N2O2. The average Bonchev–Trinajstić information content (AvgIpc) is 2.69. The van der Waals surface area contributed by atoms with Crippen molar-refractivity contribution in [1.82, 2.24) is 5.32 Å². The van der Waals surface area contributed by atoms with Crippen LogP contribution in [0.25, 0.3) is 0 Å². The molecule has 90 valence electrons. The van der Waals surface area contributed by atoms with Crippen LogP contribution in [0.1, 0.15) is 31.3 Å². The Balaban J connectivity index is 1.65. The molecule has 2 rings (SSSR count). The molecule has 1 aromatic rings. The lowest BCUT2D eigenvalue weighted by atomic mass is 9.89. The molecule has 1 aliphatic rings. The molecule has 16 heavy (non-hydrogen) atoms. The number of ether oxygens (including phenoxy) is 1. The van der Waals surface area contributed by atoms with Gasteiger partial charge >= 0.3 is 0 Å². The third kappa shape index (κ3) is 2.84. The van der Waals surface area contributed by atoms with Crippen LogP contribution in [0, 0.1) is 0 Å². The molecule has 0 unspecified atom stereocenters. The molecule has 0 aromatic carbocycles. The summed E-state index contributed by atoms with van der Waals surface area (Å²) < 4.78 is 11.0. The van der Waals surface area contributed by atoms with Crippen molar-refractivity contribution in [3.05, 3.63) is 23.7 Å². The maximum atomic E-state index is 5.51. The van der Waals surface area contributed by atoms with Gasteiger partial charge in [-0.05, 0) is 31.9 Å². The van der Waals surface area contributed by atoms with Gasteiger partial charge in [0.25, 0.3) is 0 Å². The first-order valence-corrected chi connectivity index (χ1v) is 5.94. The topological polar surface area (TPSA) is 60.4 Å². The molecule has 4 heteroatoms. The lowest BCUT2D eigenvalue weighted by Gasteiger charge is -2.35. The van der Waals surface area contributed by atoms with Crippen molar-refractivity contribution in [1.29, 1.82) is 0 Å². The lowest BCUT2D eigenvalue weighted by molar-refractivity contribution is -0.0105. The van der Waals surface area contributed by atoms with E-state index in [1.54, 1.807) is 0 Å². The molecule has 4 nitrogen and oxygen atoms in total. The van der Waals surface area contributed by atoms with Crippen LogP contribution in [0.2, 0.25) is 0 Å². The van der Waals surface area contributed by atoms with Gasteiger partial charge in [-0.3, -0.25) is 0 Å². The molecule has 0 aliphatic heterocycles. The van der Waals surface area contributed by atoms with Crippen molar-refractivity contribution < 1.29 is 9.15 Å². The van der Waals surface area contributed by atoms with Gasteiger partial charge in [-0.15, -0.1) is 0 Å². The third-order valence-electron chi connectivity index (χ3n) is 2.98. The minimum atomic E-state index is 0.457. The second-order valence-corrected chi connectivity index (χ2v) is 4.20. The standard InChI is InChI=1S/C12H20N2O2/c1-2-15-12-5-9(6-12)14-8-11-4-3-10(7-13)16-11/h3-4,9,12,14H,2,5-8,13H2,1H3. The van der Waals surface area contributed by atoms with Gasteiger partial charge in [0, 0.05) is 12.6 Å². The molecule has 1 aliphatic carbocycles. The van der Waals surface area contributed by atoms with Gasteiger partial charge in [-0.25, -0.2) is 0 Å². The van der Waals surface area contributed by atoms with Gasteiger partial charge in [0.2, 0.25) is 0 Å². The Labute approximate surface area is 96.1 Å². The summed E-state index contributed by atoms with van der Waals surface area (Å²) in [6.45, 7) is 4.10. The molecule has 3 N–H and O–H groups in total. The predicted molar refractivity (Wildman–Crippen MR) is 61.9 cm³/mol. The first kappa shape index (κ1) is 11.6. The maximum absolute atomic E-state index is 5.51. The van der Waals surface area contributed by atoms with Gasteiger partial charge < -0.3 is 20.2 Å². The molecule has 0 spiro atoms. The van der Waals surface area contributed by atoms with Gasteiger partial charge in [-0.1, -0.05) is 0 Å². The molecule has 1 aromatic heterocycles. The van der Waals surface area contributed by atoms with E-state index in [0.29, 0.717) is 18.7 Å². The van der Waals surface area contributed by atoms with Gasteiger partial charge in [0.15, 0.2) is 0 Å². The van der Waals surface area contributed by atoms with Crippen molar-refractivity contribution in [3.8, 4) is 0 Å². The van der Waals surface area contributed by atoms with Crippen LogP contribution in [-0.2, 0) is 17.8 Å². The fourth-order valence-electron chi connectivity index (χ4n) is 1.98. The predicted octanol–water partition coefficient (Wildman–Crippen LogP) is 1.40. The molecule has 1 fully saturated rings. The van der Waals surface area contributed by atoms with E-state index in [2.05, 4.69) is 5.32 Å². The third-order valence-corrected chi connectivity index (χ3v) is 2.98. The number of rotatable bonds is 6. The number of hydrogen-bond acceptors (Lipinski definition) is 4. The highest BCUT2D eigenvalue weighted by molar-refractivity contribution is 5.07. The highest BCUT2D eigenvalue weighted by Crippen LogP contribution is 2.23. The Morgan fingerprint density at radius 1 is 1.44 bits per heavy atom. The SMILES string of the molecule is CCOC1CC(NCc2ccc(CN)o2)C1. The molecule has 0 bridgehead atoms. The van der Waals surface area contributed by atoms with Crippen LogP contribution in [0.4, 0.5) is 0 Å². The van der Waals surface area contributed by atoms with Gasteiger partial charge in [0.1, 0.15) is 11.5 Å². The van der Waals surface area contributed by atoms with Crippen molar-refractivity contribution >= 4 is 0 Å². The van der Waals surface area contributed by atoms with E-state index in [1.165, 1.54) is 0 Å². The summed E-state index contributed by atoms with van der Waals surface area (Å²) >= 11 is 0. The average molecular weight is 224 g/mol. The van der Waals surface area contributed by atoms with E-state index in [0.717, 1.165) is 37.5 Å². The summed E-state index contributed by atoms with van der Waals surface area (Å²) in [7, 11) is 0. The van der Waals surface area contributed by atoms with Crippen LogP contribution in [-0.4, -0.2) is 18.8 Å². The van der Waals surface area contributed by atoms with Crippen LogP contribution >= 0.6 is 0 Å². The molecular weight excluding hydrogens is 204 g/mol. The number of hydrogen-bond donors (Lipinski definition) is 2. The van der Waals surface area contributed by atoms with Gasteiger partial charge in [0.05, 0.1) is 19.2 Å². The Morgan fingerprint density at radius 3 is 2.81 bits per heavy atom. The Morgan fingerprint density at radius 2 is 2.19 bits per heavy atom. The van der Waals surface area contributed by atoms with Crippen molar-refractivity contribution in [2.24, 2.45) is 5.73 Å². The highest BCUT2D eigenvalue weighted by Gasteiger charge is 2.28. The van der Waals surface area contributed by atoms with E-state index in [4.69, 9.17) is 14.9 Å². The molecule has 0 saturated heterocycles. The van der Waals surface area contributed by atoms with Crippen LogP contribution in [0.3, 0.4) is 0 Å². The second-order valence-electron chi connectivity index (χ2n) is 4.20. The zero-order chi connectivity index (χ0) is 11.4. The smallest absolute Gasteiger partial charge is 0.118 e. The Kier molecular flexibility index (Phi) is 3.98. The summed E-state index contributed by atoms with van der Waals surface area (Å²) in [6, 6.07) is 4.48. The second kappa shape index (κ2) is 5.48. The van der Waals surface area contributed by atoms with E-state index in [-0.39, 0.29) is 0 Å². The van der Waals surface area contributed by atoms with E-state index < -0.39 is 0 Å². The van der Waals surface area contributed by atoms with E-state index in [1.807, 2.05) is 19.1 Å². The minimum absolute atomic E-state index is 0.457. The Hall–Kier alpha value is -0.840. The molecule has 0 atom stereocenters. The van der Waals surface area contributed by atoms with Crippen LogP contribution in [0.5, 0.6) is 0 Å². The lowest BCUT2D eigenvalue weighted by Crippen LogP contribution is -2.45. The number of furan rings is 1. The van der Waals surface area contributed by atoms with Gasteiger partial charge in [-0.2, -0.15) is 0 Å². The van der Waals surface area contributed by atoms with E-state index >= 15 is 0 Å². The fourth-order valence-corrected chi connectivity index (χ4v) is 1.98. The summed E-state index contributed by atoms with van der Waals surface area (Å²) in [5.74, 6) is 1.80. The summed E-state index contributed by atoms with van der Waals surface area (Å²) in [4.78, 5) is 0. The number of nitrogens with one attached hydrogen (secondary N) is 1. The summed E-state index contributed by atoms with van der Waals surface area (Å²) in [6.07, 6.45) is 2.68.